The fourth-order valence-electron chi connectivity index (χ4n) is 8.74. The molecule has 9 atom stereocenters. The number of cyclic esters (lactones) is 1. The van der Waals surface area contributed by atoms with Crippen LogP contribution in [-0.4, -0.2) is 46.6 Å². The standard InChI is InChI=1S/C25H36O6/c1-14(26)31-21-12-23(2)16(11-20(21)27)4-5-19-18(23)6-8-24(3)17(7-9-25(19,24)29)15-10-22(28)30-13-15/h10,16-21,27,29H,4-9,11-13H2,1-3H3/t16-,17+,18-,19+,20+,21+,23-,24+,25-/m0/s1. The van der Waals surface area contributed by atoms with E-state index in [2.05, 4.69) is 13.8 Å². The number of carbonyl (C=O) groups excluding carboxylic acids is 2. The van der Waals surface area contributed by atoms with Gasteiger partial charge in [-0.15, -0.1) is 0 Å². The number of fused-ring (bicyclic) bond motifs is 5. The lowest BCUT2D eigenvalue weighted by Crippen LogP contribution is -2.63. The van der Waals surface area contributed by atoms with Gasteiger partial charge in [-0.25, -0.2) is 4.79 Å². The summed E-state index contributed by atoms with van der Waals surface area (Å²) in [5.41, 5.74) is -0.00452. The highest BCUT2D eigenvalue weighted by Gasteiger charge is 2.68. The molecule has 172 valence electrons. The van der Waals surface area contributed by atoms with Crippen molar-refractivity contribution < 1.29 is 29.3 Å². The Morgan fingerprint density at radius 3 is 2.61 bits per heavy atom. The second kappa shape index (κ2) is 7.05. The van der Waals surface area contributed by atoms with Crippen LogP contribution in [0.15, 0.2) is 11.6 Å². The van der Waals surface area contributed by atoms with Crippen LogP contribution >= 0.6 is 0 Å². The molecule has 0 unspecified atom stereocenters. The van der Waals surface area contributed by atoms with Gasteiger partial charge in [-0.2, -0.15) is 0 Å². The first-order chi connectivity index (χ1) is 14.6. The van der Waals surface area contributed by atoms with E-state index in [-0.39, 0.29) is 34.6 Å². The van der Waals surface area contributed by atoms with Crippen LogP contribution in [0.3, 0.4) is 0 Å². The van der Waals surface area contributed by atoms with E-state index in [0.717, 1.165) is 44.1 Å². The van der Waals surface area contributed by atoms with Gasteiger partial charge in [0.05, 0.1) is 11.7 Å². The molecule has 1 aliphatic heterocycles. The van der Waals surface area contributed by atoms with E-state index in [4.69, 9.17) is 9.47 Å². The quantitative estimate of drug-likeness (QED) is 0.651. The van der Waals surface area contributed by atoms with E-state index >= 15 is 0 Å². The zero-order chi connectivity index (χ0) is 22.2. The number of rotatable bonds is 2. The highest BCUT2D eigenvalue weighted by Crippen LogP contribution is 2.70. The van der Waals surface area contributed by atoms with Gasteiger partial charge in [0.2, 0.25) is 0 Å². The number of carbonyl (C=O) groups is 2. The summed E-state index contributed by atoms with van der Waals surface area (Å²) in [4.78, 5) is 23.3. The number of ether oxygens (including phenoxy) is 2. The van der Waals surface area contributed by atoms with Gasteiger partial charge in [-0.1, -0.05) is 13.8 Å². The minimum atomic E-state index is -0.756. The summed E-state index contributed by atoms with van der Waals surface area (Å²) < 4.78 is 10.7. The largest absolute Gasteiger partial charge is 0.460 e. The van der Waals surface area contributed by atoms with Gasteiger partial charge in [-0.05, 0) is 86.0 Å². The van der Waals surface area contributed by atoms with Crippen molar-refractivity contribution in [3.8, 4) is 0 Å². The fourth-order valence-corrected chi connectivity index (χ4v) is 8.74. The Bertz CT molecular complexity index is 821. The van der Waals surface area contributed by atoms with Crippen molar-refractivity contribution in [3.63, 3.8) is 0 Å². The Balaban J connectivity index is 1.44. The second-order valence-corrected chi connectivity index (χ2v) is 11.4. The molecule has 4 fully saturated rings. The van der Waals surface area contributed by atoms with Crippen LogP contribution in [0.25, 0.3) is 0 Å². The molecule has 0 bridgehead atoms. The average Bonchev–Trinajstić information content (AvgIpc) is 3.23. The first kappa shape index (κ1) is 21.4. The monoisotopic (exact) mass is 432 g/mol. The smallest absolute Gasteiger partial charge is 0.331 e. The van der Waals surface area contributed by atoms with E-state index in [1.165, 1.54) is 6.92 Å². The van der Waals surface area contributed by atoms with Crippen molar-refractivity contribution in [3.05, 3.63) is 11.6 Å². The number of aliphatic hydroxyl groups is 2. The molecule has 4 saturated carbocycles. The molecule has 0 aromatic rings. The first-order valence-corrected chi connectivity index (χ1v) is 12.0. The van der Waals surface area contributed by atoms with Crippen LogP contribution in [0.2, 0.25) is 0 Å². The molecule has 0 spiro atoms. The summed E-state index contributed by atoms with van der Waals surface area (Å²) in [6, 6.07) is 0. The summed E-state index contributed by atoms with van der Waals surface area (Å²) in [5.74, 6) is 0.539. The lowest BCUT2D eigenvalue weighted by Gasteiger charge is -2.64. The lowest BCUT2D eigenvalue weighted by atomic mass is 9.43. The van der Waals surface area contributed by atoms with Gasteiger partial charge in [0.25, 0.3) is 0 Å². The van der Waals surface area contributed by atoms with Gasteiger partial charge in [0.1, 0.15) is 12.7 Å². The second-order valence-electron chi connectivity index (χ2n) is 11.4. The lowest BCUT2D eigenvalue weighted by molar-refractivity contribution is -0.222. The SMILES string of the molecule is CC(=O)O[C@@H]1C[C@@]2(C)[C@@H](CC[C@@H]3[C@@H]2CC[C@]2(C)[C@@H](C4=CC(=O)OC4)CC[C@]32O)C[C@H]1O. The van der Waals surface area contributed by atoms with E-state index in [0.29, 0.717) is 31.3 Å². The van der Waals surface area contributed by atoms with Gasteiger partial charge >= 0.3 is 11.9 Å². The third kappa shape index (κ3) is 2.97. The summed E-state index contributed by atoms with van der Waals surface area (Å²) in [7, 11) is 0. The van der Waals surface area contributed by atoms with Crippen LogP contribution in [0.4, 0.5) is 0 Å². The Morgan fingerprint density at radius 2 is 1.94 bits per heavy atom. The highest BCUT2D eigenvalue weighted by atomic mass is 16.6. The molecular formula is C25H36O6. The molecular weight excluding hydrogens is 396 g/mol. The Labute approximate surface area is 184 Å². The van der Waals surface area contributed by atoms with Gasteiger partial charge < -0.3 is 19.7 Å². The summed E-state index contributed by atoms with van der Waals surface area (Å²) in [6.45, 7) is 6.31. The van der Waals surface area contributed by atoms with Crippen molar-refractivity contribution in [1.82, 2.24) is 0 Å². The van der Waals surface area contributed by atoms with E-state index in [1.54, 1.807) is 6.08 Å². The normalized spacial score (nSPS) is 51.3. The minimum Gasteiger partial charge on any atom is -0.460 e. The van der Waals surface area contributed by atoms with Crippen LogP contribution in [-0.2, 0) is 19.1 Å². The summed E-state index contributed by atoms with van der Waals surface area (Å²) in [5, 5.41) is 22.9. The van der Waals surface area contributed by atoms with Gasteiger partial charge in [0.15, 0.2) is 0 Å². The molecule has 0 amide bonds. The average molecular weight is 433 g/mol. The van der Waals surface area contributed by atoms with Crippen LogP contribution < -0.4 is 0 Å². The van der Waals surface area contributed by atoms with Crippen LogP contribution in [0, 0.1) is 34.5 Å². The minimum absolute atomic E-state index is 0.0525. The summed E-state index contributed by atoms with van der Waals surface area (Å²) >= 11 is 0. The van der Waals surface area contributed by atoms with Crippen molar-refractivity contribution in [2.75, 3.05) is 6.61 Å². The molecule has 5 rings (SSSR count). The topological polar surface area (TPSA) is 93.1 Å². The van der Waals surface area contributed by atoms with Crippen LogP contribution in [0.1, 0.15) is 72.1 Å². The van der Waals surface area contributed by atoms with E-state index < -0.39 is 17.8 Å². The van der Waals surface area contributed by atoms with Crippen molar-refractivity contribution in [2.45, 2.75) is 89.9 Å². The van der Waals surface area contributed by atoms with Gasteiger partial charge in [0, 0.05) is 18.4 Å². The van der Waals surface area contributed by atoms with E-state index in [1.807, 2.05) is 0 Å². The molecule has 0 aromatic heterocycles. The number of esters is 2. The molecule has 31 heavy (non-hydrogen) atoms. The number of hydrogen-bond acceptors (Lipinski definition) is 6. The zero-order valence-electron chi connectivity index (χ0n) is 18.9. The molecule has 0 saturated heterocycles. The summed E-state index contributed by atoms with van der Waals surface area (Å²) in [6.07, 6.45) is 7.51. The Hall–Kier alpha value is -1.40. The molecule has 2 N–H and O–H groups in total. The highest BCUT2D eigenvalue weighted by molar-refractivity contribution is 5.85. The predicted molar refractivity (Wildman–Crippen MR) is 113 cm³/mol. The fraction of sp³-hybridized carbons (Fsp3) is 0.840. The Morgan fingerprint density at radius 1 is 1.16 bits per heavy atom. The number of hydrogen-bond donors (Lipinski definition) is 2. The zero-order valence-corrected chi connectivity index (χ0v) is 18.9. The van der Waals surface area contributed by atoms with Crippen molar-refractivity contribution >= 4 is 11.9 Å². The molecule has 6 nitrogen and oxygen atoms in total. The first-order valence-electron chi connectivity index (χ1n) is 12.0. The molecule has 5 aliphatic rings. The third-order valence-electron chi connectivity index (χ3n) is 10.3. The predicted octanol–water partition coefficient (Wildman–Crippen LogP) is 3.15. The molecule has 1 heterocycles. The third-order valence-corrected chi connectivity index (χ3v) is 10.3. The van der Waals surface area contributed by atoms with Gasteiger partial charge in [-0.3, -0.25) is 4.79 Å². The molecule has 0 aromatic carbocycles. The molecule has 4 aliphatic carbocycles. The molecule has 6 heteroatoms. The van der Waals surface area contributed by atoms with Crippen molar-refractivity contribution in [2.24, 2.45) is 34.5 Å². The Kier molecular flexibility index (Phi) is 4.88. The van der Waals surface area contributed by atoms with Crippen LogP contribution in [0.5, 0.6) is 0 Å². The maximum atomic E-state index is 12.2. The van der Waals surface area contributed by atoms with Crippen molar-refractivity contribution in [1.29, 1.82) is 0 Å². The maximum absolute atomic E-state index is 12.2. The van der Waals surface area contributed by atoms with E-state index in [9.17, 15) is 19.8 Å². The molecule has 0 radical (unpaired) electrons. The maximum Gasteiger partial charge on any atom is 0.331 e. The number of aliphatic hydroxyl groups excluding tert-OH is 1.